The molecule has 0 radical (unpaired) electrons. The van der Waals surface area contributed by atoms with E-state index in [0.29, 0.717) is 12.3 Å². The average molecular weight is 343 g/mol. The fourth-order valence-electron chi connectivity index (χ4n) is 4.46. The van der Waals surface area contributed by atoms with Gasteiger partial charge in [0.1, 0.15) is 0 Å². The summed E-state index contributed by atoms with van der Waals surface area (Å²) in [6.07, 6.45) is 9.52. The summed E-state index contributed by atoms with van der Waals surface area (Å²) in [7, 11) is 0. The molecule has 0 N–H and O–H groups in total. The van der Waals surface area contributed by atoms with Crippen LogP contribution in [0.2, 0.25) is 0 Å². The van der Waals surface area contributed by atoms with Crippen LogP contribution in [0, 0.1) is 12.8 Å². The Morgan fingerprint density at radius 3 is 2.64 bits per heavy atom. The Morgan fingerprint density at radius 1 is 1.08 bits per heavy atom. The third kappa shape index (κ3) is 4.63. The molecule has 1 amide bonds. The lowest BCUT2D eigenvalue weighted by molar-refractivity contribution is -0.118. The van der Waals surface area contributed by atoms with E-state index in [9.17, 15) is 4.79 Å². The molecule has 0 aromatic heterocycles. The molecule has 1 saturated heterocycles. The quantitative estimate of drug-likeness (QED) is 0.725. The van der Waals surface area contributed by atoms with E-state index in [1.165, 1.54) is 56.3 Å². The van der Waals surface area contributed by atoms with Gasteiger partial charge in [0.2, 0.25) is 5.91 Å². The van der Waals surface area contributed by atoms with Crippen LogP contribution in [-0.4, -0.2) is 37.0 Å². The highest BCUT2D eigenvalue weighted by Crippen LogP contribution is 2.30. The summed E-state index contributed by atoms with van der Waals surface area (Å²) in [6.45, 7) is 8.94. The molecule has 0 aliphatic carbocycles. The highest BCUT2D eigenvalue weighted by molar-refractivity contribution is 5.96. The Hall–Kier alpha value is -1.35. The van der Waals surface area contributed by atoms with Crippen LogP contribution >= 0.6 is 0 Å². The van der Waals surface area contributed by atoms with Crippen LogP contribution in [0.1, 0.15) is 63.0 Å². The van der Waals surface area contributed by atoms with Crippen molar-refractivity contribution in [2.75, 3.05) is 31.1 Å². The van der Waals surface area contributed by atoms with Crippen molar-refractivity contribution in [3.63, 3.8) is 0 Å². The normalized spacial score (nSPS) is 19.3. The second-order valence-electron chi connectivity index (χ2n) is 7.90. The summed E-state index contributed by atoms with van der Waals surface area (Å²) >= 11 is 0. The van der Waals surface area contributed by atoms with E-state index in [-0.39, 0.29) is 0 Å². The molecule has 0 unspecified atom stereocenters. The summed E-state index contributed by atoms with van der Waals surface area (Å²) in [5.74, 6) is 1.26. The molecule has 1 aromatic rings. The molecule has 138 valence electrons. The second kappa shape index (κ2) is 8.84. The Balaban J connectivity index is 1.47. The molecule has 2 aliphatic rings. The number of rotatable bonds is 7. The van der Waals surface area contributed by atoms with E-state index >= 15 is 0 Å². The average Bonchev–Trinajstić information content (AvgIpc) is 2.63. The van der Waals surface area contributed by atoms with Gasteiger partial charge >= 0.3 is 0 Å². The molecule has 0 spiro atoms. The van der Waals surface area contributed by atoms with E-state index in [2.05, 4.69) is 36.9 Å². The number of hydrogen-bond donors (Lipinski definition) is 0. The first-order chi connectivity index (χ1) is 12.2. The number of fused-ring (bicyclic) bond motifs is 1. The Bertz CT molecular complexity index is 575. The van der Waals surface area contributed by atoms with Crippen molar-refractivity contribution in [3.05, 3.63) is 29.3 Å². The Kier molecular flexibility index (Phi) is 6.52. The second-order valence-corrected chi connectivity index (χ2v) is 7.90. The van der Waals surface area contributed by atoms with Gasteiger partial charge in [0.05, 0.1) is 0 Å². The van der Waals surface area contributed by atoms with E-state index < -0.39 is 0 Å². The fraction of sp³-hybridized carbons (Fsp3) is 0.682. The van der Waals surface area contributed by atoms with E-state index in [1.54, 1.807) is 0 Å². The summed E-state index contributed by atoms with van der Waals surface area (Å²) in [5.41, 5.74) is 3.86. The maximum atomic E-state index is 12.4. The molecule has 1 aromatic carbocycles. The molecule has 0 saturated carbocycles. The zero-order valence-corrected chi connectivity index (χ0v) is 16.1. The van der Waals surface area contributed by atoms with Crippen molar-refractivity contribution in [3.8, 4) is 0 Å². The van der Waals surface area contributed by atoms with Crippen LogP contribution in [-0.2, 0) is 11.2 Å². The van der Waals surface area contributed by atoms with Crippen molar-refractivity contribution in [1.82, 2.24) is 4.90 Å². The minimum absolute atomic E-state index is 0.302. The number of piperidine rings is 1. The van der Waals surface area contributed by atoms with Crippen LogP contribution in [0.5, 0.6) is 0 Å². The number of anilines is 1. The predicted octanol–water partition coefficient (Wildman–Crippen LogP) is 4.57. The van der Waals surface area contributed by atoms with Crippen molar-refractivity contribution in [1.29, 1.82) is 0 Å². The number of nitrogens with zero attached hydrogens (tertiary/aromatic N) is 2. The lowest BCUT2D eigenvalue weighted by Gasteiger charge is -2.34. The minimum atomic E-state index is 0.302. The fourth-order valence-corrected chi connectivity index (χ4v) is 4.46. The zero-order chi connectivity index (χ0) is 17.6. The number of likely N-dealkylation sites (tertiary alicyclic amines) is 1. The Labute approximate surface area is 153 Å². The van der Waals surface area contributed by atoms with Gasteiger partial charge in [-0.3, -0.25) is 4.79 Å². The van der Waals surface area contributed by atoms with Crippen LogP contribution in [0.4, 0.5) is 5.69 Å². The molecule has 3 rings (SSSR count). The molecule has 2 aliphatic heterocycles. The lowest BCUT2D eigenvalue weighted by Crippen LogP contribution is -2.39. The molecule has 25 heavy (non-hydrogen) atoms. The summed E-state index contributed by atoms with van der Waals surface area (Å²) < 4.78 is 0. The minimum Gasteiger partial charge on any atom is -0.312 e. The molecule has 1 fully saturated rings. The molecule has 0 bridgehead atoms. The highest BCUT2D eigenvalue weighted by Gasteiger charge is 2.25. The monoisotopic (exact) mass is 342 g/mol. The third-order valence-corrected chi connectivity index (χ3v) is 6.10. The molecule has 3 nitrogen and oxygen atoms in total. The smallest absolute Gasteiger partial charge is 0.227 e. The number of benzene rings is 1. The molecule has 3 heteroatoms. The van der Waals surface area contributed by atoms with Crippen LogP contribution in [0.3, 0.4) is 0 Å². The first-order valence-corrected chi connectivity index (χ1v) is 10.3. The molecule has 0 atom stereocenters. The zero-order valence-electron chi connectivity index (χ0n) is 16.1. The van der Waals surface area contributed by atoms with Gasteiger partial charge in [-0.1, -0.05) is 38.3 Å². The van der Waals surface area contributed by atoms with Gasteiger partial charge in [-0.15, -0.1) is 0 Å². The number of carbonyl (C=O) groups is 1. The van der Waals surface area contributed by atoms with E-state index in [0.717, 1.165) is 37.5 Å². The summed E-state index contributed by atoms with van der Waals surface area (Å²) in [5, 5.41) is 0. The van der Waals surface area contributed by atoms with Gasteiger partial charge in [-0.25, -0.2) is 0 Å². The summed E-state index contributed by atoms with van der Waals surface area (Å²) in [6, 6.07) is 6.37. The first kappa shape index (κ1) is 18.4. The lowest BCUT2D eigenvalue weighted by atomic mass is 9.91. The van der Waals surface area contributed by atoms with Gasteiger partial charge in [0, 0.05) is 18.7 Å². The molecular formula is C22H34N2O. The number of amides is 1. The van der Waals surface area contributed by atoms with Crippen molar-refractivity contribution >= 4 is 11.6 Å². The number of aryl methyl sites for hydroxylation is 1. The number of carbonyl (C=O) groups excluding carboxylic acids is 1. The maximum absolute atomic E-state index is 12.4. The van der Waals surface area contributed by atoms with Gasteiger partial charge < -0.3 is 9.80 Å². The van der Waals surface area contributed by atoms with E-state index in [1.807, 2.05) is 4.90 Å². The number of unbranched alkanes of at least 4 members (excludes halogenated alkanes) is 1. The summed E-state index contributed by atoms with van der Waals surface area (Å²) in [4.78, 5) is 17.1. The predicted molar refractivity (Wildman–Crippen MR) is 105 cm³/mol. The van der Waals surface area contributed by atoms with Gasteiger partial charge in [-0.05, 0) is 75.4 Å². The van der Waals surface area contributed by atoms with Crippen LogP contribution in [0.25, 0.3) is 0 Å². The standard InChI is InChI=1S/C22H34N2O/c1-3-4-8-19-12-16-23(17-13-19)14-6-15-24-21-9-5-7-18(2)20(21)10-11-22(24)25/h5,7,9,19H,3-4,6,8,10-17H2,1-2H3. The van der Waals surface area contributed by atoms with Crippen molar-refractivity contribution in [2.24, 2.45) is 5.92 Å². The maximum Gasteiger partial charge on any atom is 0.227 e. The largest absolute Gasteiger partial charge is 0.312 e. The first-order valence-electron chi connectivity index (χ1n) is 10.3. The third-order valence-electron chi connectivity index (χ3n) is 6.10. The van der Waals surface area contributed by atoms with E-state index in [4.69, 9.17) is 0 Å². The molecule has 2 heterocycles. The van der Waals surface area contributed by atoms with Gasteiger partial charge in [0.25, 0.3) is 0 Å². The van der Waals surface area contributed by atoms with Crippen LogP contribution < -0.4 is 4.90 Å². The van der Waals surface area contributed by atoms with Crippen LogP contribution in [0.15, 0.2) is 18.2 Å². The SMILES string of the molecule is CCCCC1CCN(CCCN2C(=O)CCc3c(C)cccc32)CC1. The highest BCUT2D eigenvalue weighted by atomic mass is 16.2. The van der Waals surface area contributed by atoms with Gasteiger partial charge in [0.15, 0.2) is 0 Å². The van der Waals surface area contributed by atoms with Crippen molar-refractivity contribution in [2.45, 2.75) is 65.2 Å². The van der Waals surface area contributed by atoms with Crippen molar-refractivity contribution < 1.29 is 4.79 Å². The topological polar surface area (TPSA) is 23.6 Å². The van der Waals surface area contributed by atoms with Gasteiger partial charge in [-0.2, -0.15) is 0 Å². The molecular weight excluding hydrogens is 308 g/mol. The Morgan fingerprint density at radius 2 is 1.88 bits per heavy atom. The number of hydrogen-bond acceptors (Lipinski definition) is 2.